The van der Waals surface area contributed by atoms with Crippen LogP contribution in [0.1, 0.15) is 18.5 Å². The number of urea groups is 1. The van der Waals surface area contributed by atoms with E-state index in [0.717, 1.165) is 51.5 Å². The molecule has 0 saturated carbocycles. The smallest absolute Gasteiger partial charge is 0.475 e. The summed E-state index contributed by atoms with van der Waals surface area (Å²) in [7, 11) is 0. The minimum atomic E-state index is -5.08. The molecule has 3 aliphatic rings. The zero-order valence-electron chi connectivity index (χ0n) is 16.0. The Kier molecular flexibility index (Phi) is 6.61. The number of fused-ring (bicyclic) bond motifs is 1. The number of likely N-dealkylation sites (tertiary alicyclic amines) is 3. The SMILES string of the molecule is O=C(N1CCCC1)N1C[C@H]2CN(Cc3ccccn3)C[C@H]2C1.O=C(O)C(F)(F)F. The first-order valence-electron chi connectivity index (χ1n) is 9.70. The predicted molar refractivity (Wildman–Crippen MR) is 98.0 cm³/mol. The number of amides is 2. The molecule has 0 aliphatic carbocycles. The molecule has 0 spiro atoms. The number of aromatic nitrogens is 1. The van der Waals surface area contributed by atoms with Crippen LogP contribution in [0.5, 0.6) is 0 Å². The van der Waals surface area contributed by atoms with E-state index in [1.807, 2.05) is 17.2 Å². The van der Waals surface area contributed by atoms with Gasteiger partial charge >= 0.3 is 18.2 Å². The summed E-state index contributed by atoms with van der Waals surface area (Å²) in [6.07, 6.45) is -0.878. The minimum absolute atomic E-state index is 0.281. The lowest BCUT2D eigenvalue weighted by atomic mass is 10.0. The molecule has 0 bridgehead atoms. The van der Waals surface area contributed by atoms with Crippen molar-refractivity contribution in [2.75, 3.05) is 39.3 Å². The van der Waals surface area contributed by atoms with E-state index in [0.29, 0.717) is 11.8 Å². The number of halogens is 3. The standard InChI is InChI=1S/C17H24N4O.C2HF3O2/c22-17(20-7-3-4-8-20)21-11-14-9-19(10-15(14)12-21)13-16-5-1-2-6-18-16;3-2(4,5)1(6)7/h1-2,5-6,14-15H,3-4,7-13H2;(H,6,7)/t14-,15+;. The molecule has 10 heteroatoms. The van der Waals surface area contributed by atoms with Gasteiger partial charge in [0.2, 0.25) is 0 Å². The summed E-state index contributed by atoms with van der Waals surface area (Å²) in [4.78, 5) is 32.4. The summed E-state index contributed by atoms with van der Waals surface area (Å²) >= 11 is 0. The van der Waals surface area contributed by atoms with Crippen LogP contribution in [0.3, 0.4) is 0 Å². The number of carbonyl (C=O) groups excluding carboxylic acids is 1. The van der Waals surface area contributed by atoms with E-state index in [4.69, 9.17) is 9.90 Å². The van der Waals surface area contributed by atoms with Crippen molar-refractivity contribution in [2.45, 2.75) is 25.6 Å². The quantitative estimate of drug-likeness (QED) is 0.804. The summed E-state index contributed by atoms with van der Waals surface area (Å²) in [5.74, 6) is -1.46. The van der Waals surface area contributed by atoms with Crippen molar-refractivity contribution >= 4 is 12.0 Å². The van der Waals surface area contributed by atoms with Crippen molar-refractivity contribution in [1.29, 1.82) is 0 Å². The molecule has 0 radical (unpaired) electrons. The number of hydrogen-bond donors (Lipinski definition) is 1. The molecule has 2 atom stereocenters. The lowest BCUT2D eigenvalue weighted by molar-refractivity contribution is -0.192. The van der Waals surface area contributed by atoms with Gasteiger partial charge in [0.05, 0.1) is 5.69 Å². The number of rotatable bonds is 2. The highest BCUT2D eigenvalue weighted by molar-refractivity contribution is 5.75. The molecular formula is C19H25F3N4O3. The van der Waals surface area contributed by atoms with E-state index in [1.54, 1.807) is 0 Å². The average Bonchev–Trinajstić information content (AvgIpc) is 3.38. The molecule has 0 unspecified atom stereocenters. The first kappa shape index (κ1) is 21.4. The molecule has 3 aliphatic heterocycles. The lowest BCUT2D eigenvalue weighted by Gasteiger charge is -2.26. The van der Waals surface area contributed by atoms with Gasteiger partial charge in [-0.15, -0.1) is 0 Å². The van der Waals surface area contributed by atoms with Gasteiger partial charge in [-0.1, -0.05) is 6.07 Å². The van der Waals surface area contributed by atoms with Crippen molar-refractivity contribution in [1.82, 2.24) is 19.7 Å². The molecule has 3 saturated heterocycles. The van der Waals surface area contributed by atoms with Crippen LogP contribution in [0, 0.1) is 11.8 Å². The molecule has 7 nitrogen and oxygen atoms in total. The van der Waals surface area contributed by atoms with E-state index in [2.05, 4.69) is 26.9 Å². The van der Waals surface area contributed by atoms with Crippen molar-refractivity contribution in [3.05, 3.63) is 30.1 Å². The molecule has 4 heterocycles. The van der Waals surface area contributed by atoms with E-state index >= 15 is 0 Å². The minimum Gasteiger partial charge on any atom is -0.475 e. The summed E-state index contributed by atoms with van der Waals surface area (Å²) in [5.41, 5.74) is 1.15. The number of aliphatic carboxylic acids is 1. The summed E-state index contributed by atoms with van der Waals surface area (Å²) < 4.78 is 31.7. The Labute approximate surface area is 167 Å². The third kappa shape index (κ3) is 5.59. The number of carboxylic acid groups (broad SMARTS) is 1. The van der Waals surface area contributed by atoms with E-state index in [1.165, 1.54) is 12.8 Å². The fraction of sp³-hybridized carbons (Fsp3) is 0.632. The normalized spacial score (nSPS) is 24.2. The van der Waals surface area contributed by atoms with Crippen LogP contribution in [0.2, 0.25) is 0 Å². The molecule has 29 heavy (non-hydrogen) atoms. The topological polar surface area (TPSA) is 77.0 Å². The molecule has 2 amide bonds. The summed E-state index contributed by atoms with van der Waals surface area (Å²) in [6.45, 7) is 6.94. The van der Waals surface area contributed by atoms with Gasteiger partial charge < -0.3 is 14.9 Å². The maximum absolute atomic E-state index is 12.5. The molecule has 160 valence electrons. The number of alkyl halides is 3. The van der Waals surface area contributed by atoms with Crippen LogP contribution in [-0.2, 0) is 11.3 Å². The number of carboxylic acids is 1. The molecule has 3 fully saturated rings. The zero-order valence-corrected chi connectivity index (χ0v) is 16.0. The second kappa shape index (κ2) is 8.98. The second-order valence-electron chi connectivity index (χ2n) is 7.72. The number of pyridine rings is 1. The van der Waals surface area contributed by atoms with Crippen molar-refractivity contribution in [3.63, 3.8) is 0 Å². The van der Waals surface area contributed by atoms with E-state index < -0.39 is 12.1 Å². The Morgan fingerprint density at radius 3 is 2.10 bits per heavy atom. The van der Waals surface area contributed by atoms with Crippen LogP contribution in [0.15, 0.2) is 24.4 Å². The second-order valence-corrected chi connectivity index (χ2v) is 7.72. The Hall–Kier alpha value is -2.36. The van der Waals surface area contributed by atoms with Gasteiger partial charge in [-0.05, 0) is 36.8 Å². The maximum atomic E-state index is 12.5. The van der Waals surface area contributed by atoms with Crippen LogP contribution >= 0.6 is 0 Å². The third-order valence-corrected chi connectivity index (χ3v) is 5.56. The van der Waals surface area contributed by atoms with Gasteiger partial charge in [-0.3, -0.25) is 9.88 Å². The van der Waals surface area contributed by atoms with Crippen molar-refractivity contribution in [3.8, 4) is 0 Å². The molecular weight excluding hydrogens is 389 g/mol. The van der Waals surface area contributed by atoms with E-state index in [-0.39, 0.29) is 6.03 Å². The Balaban J connectivity index is 0.000000298. The zero-order chi connectivity index (χ0) is 21.0. The summed E-state index contributed by atoms with van der Waals surface area (Å²) in [5, 5.41) is 7.12. The highest BCUT2D eigenvalue weighted by atomic mass is 19.4. The highest BCUT2D eigenvalue weighted by Crippen LogP contribution is 2.32. The highest BCUT2D eigenvalue weighted by Gasteiger charge is 2.42. The Morgan fingerprint density at radius 1 is 1.03 bits per heavy atom. The molecule has 0 aromatic carbocycles. The van der Waals surface area contributed by atoms with Gasteiger partial charge in [0.1, 0.15) is 0 Å². The largest absolute Gasteiger partial charge is 0.490 e. The van der Waals surface area contributed by atoms with Crippen LogP contribution < -0.4 is 0 Å². The average molecular weight is 414 g/mol. The number of nitrogens with zero attached hydrogens (tertiary/aromatic N) is 4. The number of hydrogen-bond acceptors (Lipinski definition) is 4. The molecule has 4 rings (SSSR count). The van der Waals surface area contributed by atoms with Crippen LogP contribution in [0.25, 0.3) is 0 Å². The predicted octanol–water partition coefficient (Wildman–Crippen LogP) is 2.29. The fourth-order valence-corrected chi connectivity index (χ4v) is 4.20. The van der Waals surface area contributed by atoms with E-state index in [9.17, 15) is 18.0 Å². The molecule has 1 aromatic heterocycles. The fourth-order valence-electron chi connectivity index (χ4n) is 4.20. The number of carbonyl (C=O) groups is 2. The first-order chi connectivity index (χ1) is 13.7. The Bertz CT molecular complexity index is 696. The van der Waals surface area contributed by atoms with Crippen LogP contribution in [0.4, 0.5) is 18.0 Å². The van der Waals surface area contributed by atoms with Crippen molar-refractivity contribution < 1.29 is 27.9 Å². The van der Waals surface area contributed by atoms with Gasteiger partial charge in [0.25, 0.3) is 0 Å². The van der Waals surface area contributed by atoms with Crippen LogP contribution in [-0.4, -0.2) is 82.2 Å². The van der Waals surface area contributed by atoms with Crippen molar-refractivity contribution in [2.24, 2.45) is 11.8 Å². The first-order valence-corrected chi connectivity index (χ1v) is 9.70. The van der Waals surface area contributed by atoms with Gasteiger partial charge in [-0.2, -0.15) is 13.2 Å². The monoisotopic (exact) mass is 414 g/mol. The lowest BCUT2D eigenvalue weighted by Crippen LogP contribution is -2.41. The maximum Gasteiger partial charge on any atom is 0.490 e. The van der Waals surface area contributed by atoms with Gasteiger partial charge in [0, 0.05) is 52.0 Å². The third-order valence-electron chi connectivity index (χ3n) is 5.56. The van der Waals surface area contributed by atoms with Gasteiger partial charge in [0.15, 0.2) is 0 Å². The molecule has 1 N–H and O–H groups in total. The summed E-state index contributed by atoms with van der Waals surface area (Å²) in [6, 6.07) is 6.39. The Morgan fingerprint density at radius 2 is 1.62 bits per heavy atom. The molecule has 1 aromatic rings. The van der Waals surface area contributed by atoms with Gasteiger partial charge in [-0.25, -0.2) is 9.59 Å².